The SMILES string of the molecule is CC[C@]12CCC3C(CC(CO)C4=CC(=N)CC[C@@H]43)C1CC[C@@]21C=CC(=O)O1.O. The van der Waals surface area contributed by atoms with E-state index in [2.05, 4.69) is 19.1 Å². The molecule has 0 radical (unpaired) electrons. The molecule has 5 nitrogen and oxygen atoms in total. The van der Waals surface area contributed by atoms with Gasteiger partial charge in [-0.25, -0.2) is 4.79 Å². The van der Waals surface area contributed by atoms with E-state index in [0.717, 1.165) is 50.7 Å². The number of ether oxygens (including phenoxy) is 1. The molecule has 1 heterocycles. The monoisotopic (exact) mass is 387 g/mol. The Morgan fingerprint density at radius 2 is 2.07 bits per heavy atom. The number of esters is 1. The van der Waals surface area contributed by atoms with Gasteiger partial charge in [0.05, 0.1) is 0 Å². The summed E-state index contributed by atoms with van der Waals surface area (Å²) in [7, 11) is 0. The topological polar surface area (TPSA) is 102 Å². The number of hydrogen-bond acceptors (Lipinski definition) is 4. The van der Waals surface area contributed by atoms with Crippen LogP contribution < -0.4 is 0 Å². The van der Waals surface area contributed by atoms with Crippen LogP contribution >= 0.6 is 0 Å². The molecule has 5 heteroatoms. The lowest BCUT2D eigenvalue weighted by molar-refractivity contribution is -0.165. The fourth-order valence-electron chi connectivity index (χ4n) is 7.98. The van der Waals surface area contributed by atoms with Gasteiger partial charge in [0.25, 0.3) is 0 Å². The van der Waals surface area contributed by atoms with Crippen LogP contribution in [0.2, 0.25) is 0 Å². The van der Waals surface area contributed by atoms with Crippen molar-refractivity contribution < 1.29 is 20.1 Å². The summed E-state index contributed by atoms with van der Waals surface area (Å²) in [5, 5.41) is 18.2. The van der Waals surface area contributed by atoms with E-state index in [0.29, 0.717) is 23.7 Å². The normalized spacial score (nSPS) is 46.4. The lowest BCUT2D eigenvalue weighted by Crippen LogP contribution is -2.54. The van der Waals surface area contributed by atoms with Crippen LogP contribution in [-0.2, 0) is 9.53 Å². The Balaban J connectivity index is 0.00000192. The molecular weight excluding hydrogens is 354 g/mol. The molecule has 5 rings (SSSR count). The Morgan fingerprint density at radius 1 is 1.25 bits per heavy atom. The van der Waals surface area contributed by atoms with Crippen LogP contribution in [0, 0.1) is 40.4 Å². The molecule has 28 heavy (non-hydrogen) atoms. The van der Waals surface area contributed by atoms with Crippen molar-refractivity contribution in [2.24, 2.45) is 35.0 Å². The molecule has 4 aliphatic carbocycles. The number of fused-ring (bicyclic) bond motifs is 6. The van der Waals surface area contributed by atoms with Gasteiger partial charge in [0.1, 0.15) is 5.60 Å². The van der Waals surface area contributed by atoms with Crippen LogP contribution in [-0.4, -0.2) is 34.5 Å². The van der Waals surface area contributed by atoms with Gasteiger partial charge in [0.15, 0.2) is 0 Å². The van der Waals surface area contributed by atoms with E-state index in [9.17, 15) is 9.90 Å². The number of carbonyl (C=O) groups is 1. The highest BCUT2D eigenvalue weighted by Crippen LogP contribution is 2.68. The number of hydrogen-bond donors (Lipinski definition) is 2. The maximum absolute atomic E-state index is 12.0. The smallest absolute Gasteiger partial charge is 0.331 e. The van der Waals surface area contributed by atoms with Gasteiger partial charge in [-0.05, 0) is 87.2 Å². The van der Waals surface area contributed by atoms with E-state index in [1.807, 2.05) is 0 Å². The maximum atomic E-state index is 12.0. The first-order chi connectivity index (χ1) is 13.0. The molecule has 0 bridgehead atoms. The molecule has 3 fully saturated rings. The van der Waals surface area contributed by atoms with E-state index in [1.54, 1.807) is 6.08 Å². The van der Waals surface area contributed by atoms with Gasteiger partial charge < -0.3 is 20.7 Å². The van der Waals surface area contributed by atoms with E-state index in [4.69, 9.17) is 10.1 Å². The minimum atomic E-state index is -0.381. The van der Waals surface area contributed by atoms with Crippen LogP contribution in [0.25, 0.3) is 0 Å². The van der Waals surface area contributed by atoms with Crippen LogP contribution in [0.15, 0.2) is 23.8 Å². The fourth-order valence-corrected chi connectivity index (χ4v) is 7.98. The number of allylic oxidation sites excluding steroid dienone is 1. The highest BCUT2D eigenvalue weighted by atomic mass is 16.6. The third-order valence-corrected chi connectivity index (χ3v) is 9.03. The second-order valence-electron chi connectivity index (χ2n) is 9.60. The zero-order valence-corrected chi connectivity index (χ0v) is 16.7. The molecular formula is C23H33NO4. The van der Waals surface area contributed by atoms with Gasteiger partial charge in [0, 0.05) is 29.7 Å². The number of carbonyl (C=O) groups excluding carboxylic acids is 1. The van der Waals surface area contributed by atoms with Gasteiger partial charge in [-0.2, -0.15) is 0 Å². The van der Waals surface area contributed by atoms with Crippen molar-refractivity contribution >= 4 is 11.7 Å². The second-order valence-corrected chi connectivity index (χ2v) is 9.60. The summed E-state index contributed by atoms with van der Waals surface area (Å²) in [6.07, 6.45) is 14.3. The standard InChI is InChI=1S/C23H31NO3.H2O/c1-2-22-8-5-17-16-4-3-15(24)12-18(16)14(13-25)11-19(17)20(22)6-9-23(22)10-7-21(26)27-23;/h7,10,12,14,16-17,19-20,24-25H,2-6,8-9,11,13H2,1H3;1H2/t14?,16-,17?,19?,20?,22+,23-;/m1./s1. The van der Waals surface area contributed by atoms with E-state index in [-0.39, 0.29) is 35.0 Å². The van der Waals surface area contributed by atoms with Crippen molar-refractivity contribution in [3.05, 3.63) is 23.8 Å². The molecule has 4 N–H and O–H groups in total. The van der Waals surface area contributed by atoms with E-state index < -0.39 is 0 Å². The lowest BCUT2D eigenvalue weighted by Gasteiger charge is -2.57. The molecule has 0 aromatic rings. The first-order valence-electron chi connectivity index (χ1n) is 10.9. The van der Waals surface area contributed by atoms with E-state index in [1.165, 1.54) is 12.0 Å². The Morgan fingerprint density at radius 3 is 2.75 bits per heavy atom. The third kappa shape index (κ3) is 2.45. The molecule has 0 aromatic carbocycles. The lowest BCUT2D eigenvalue weighted by atomic mass is 9.48. The van der Waals surface area contributed by atoms with Gasteiger partial charge in [-0.1, -0.05) is 12.5 Å². The van der Waals surface area contributed by atoms with Crippen LogP contribution in [0.5, 0.6) is 0 Å². The summed E-state index contributed by atoms with van der Waals surface area (Å²) in [6, 6.07) is 0. The van der Waals surface area contributed by atoms with Crippen molar-refractivity contribution in [2.75, 3.05) is 6.61 Å². The van der Waals surface area contributed by atoms with Crippen molar-refractivity contribution in [1.29, 1.82) is 5.41 Å². The van der Waals surface area contributed by atoms with Crippen LogP contribution in [0.3, 0.4) is 0 Å². The molecule has 5 aliphatic rings. The van der Waals surface area contributed by atoms with Crippen molar-refractivity contribution in [2.45, 2.75) is 63.9 Å². The molecule has 1 spiro atoms. The number of nitrogens with one attached hydrogen (secondary N) is 1. The average Bonchev–Trinajstić information content (AvgIpc) is 3.22. The van der Waals surface area contributed by atoms with Crippen molar-refractivity contribution in [3.8, 4) is 0 Å². The Bertz CT molecular complexity index is 743. The number of aliphatic hydroxyl groups excluding tert-OH is 1. The second kappa shape index (κ2) is 6.81. The summed E-state index contributed by atoms with van der Waals surface area (Å²) in [5.41, 5.74) is 1.78. The molecule has 1 aliphatic heterocycles. The van der Waals surface area contributed by atoms with Gasteiger partial charge >= 0.3 is 5.97 Å². The van der Waals surface area contributed by atoms with E-state index >= 15 is 0 Å². The molecule has 0 aromatic heterocycles. The molecule has 3 saturated carbocycles. The number of rotatable bonds is 2. The molecule has 0 amide bonds. The highest BCUT2D eigenvalue weighted by Gasteiger charge is 2.66. The zero-order valence-electron chi connectivity index (χ0n) is 16.7. The maximum Gasteiger partial charge on any atom is 0.331 e. The summed E-state index contributed by atoms with van der Waals surface area (Å²) in [6.45, 7) is 2.48. The molecule has 4 unspecified atom stereocenters. The Kier molecular flexibility index (Phi) is 4.82. The van der Waals surface area contributed by atoms with Crippen LogP contribution in [0.1, 0.15) is 58.3 Å². The van der Waals surface area contributed by atoms with Crippen LogP contribution in [0.4, 0.5) is 0 Å². The van der Waals surface area contributed by atoms with Gasteiger partial charge in [-0.15, -0.1) is 0 Å². The van der Waals surface area contributed by atoms with Gasteiger partial charge in [-0.3, -0.25) is 0 Å². The molecule has 154 valence electrons. The summed E-state index contributed by atoms with van der Waals surface area (Å²) < 4.78 is 5.99. The predicted octanol–water partition coefficient (Wildman–Crippen LogP) is 3.21. The first-order valence-corrected chi connectivity index (χ1v) is 10.9. The minimum absolute atomic E-state index is 0. The molecule has 0 saturated heterocycles. The highest BCUT2D eigenvalue weighted by molar-refractivity contribution is 5.94. The Labute approximate surface area is 167 Å². The summed E-state index contributed by atoms with van der Waals surface area (Å²) >= 11 is 0. The minimum Gasteiger partial charge on any atom is -0.451 e. The average molecular weight is 388 g/mol. The van der Waals surface area contributed by atoms with Crippen molar-refractivity contribution in [1.82, 2.24) is 0 Å². The summed E-state index contributed by atoms with van der Waals surface area (Å²) in [4.78, 5) is 12.0. The predicted molar refractivity (Wildman–Crippen MR) is 107 cm³/mol. The Hall–Kier alpha value is -1.46. The largest absolute Gasteiger partial charge is 0.451 e. The first kappa shape index (κ1) is 19.8. The molecule has 7 atom stereocenters. The fraction of sp³-hybridized carbons (Fsp3) is 0.739. The van der Waals surface area contributed by atoms with Gasteiger partial charge in [0.2, 0.25) is 0 Å². The van der Waals surface area contributed by atoms with Crippen molar-refractivity contribution in [3.63, 3.8) is 0 Å². The third-order valence-electron chi connectivity index (χ3n) is 9.03. The number of aliphatic hydroxyl groups is 1. The summed E-state index contributed by atoms with van der Waals surface area (Å²) in [5.74, 6) is 2.45. The zero-order chi connectivity index (χ0) is 18.8. The quantitative estimate of drug-likeness (QED) is 0.711.